The van der Waals surface area contributed by atoms with Gasteiger partial charge >= 0.3 is 5.97 Å². The number of hydrogen-bond acceptors (Lipinski definition) is 6. The molecule has 0 aliphatic heterocycles. The molecule has 1 aromatic carbocycles. The number of anilines is 1. The Bertz CT molecular complexity index is 950. The van der Waals surface area contributed by atoms with Crippen LogP contribution in [0.3, 0.4) is 0 Å². The van der Waals surface area contributed by atoms with Gasteiger partial charge in [-0.05, 0) is 61.8 Å². The topological polar surface area (TPSA) is 98.5 Å². The molecule has 0 bridgehead atoms. The number of fused-ring (bicyclic) bond motifs is 1. The zero-order valence-corrected chi connectivity index (χ0v) is 16.9. The van der Waals surface area contributed by atoms with Crippen LogP contribution in [0.2, 0.25) is 0 Å². The minimum absolute atomic E-state index is 0.131. The number of nitrogens with one attached hydrogen (secondary N) is 1. The van der Waals surface area contributed by atoms with Crippen molar-refractivity contribution in [1.82, 2.24) is 0 Å². The second-order valence-corrected chi connectivity index (χ2v) is 8.33. The summed E-state index contributed by atoms with van der Waals surface area (Å²) in [5, 5.41) is 13.7. The van der Waals surface area contributed by atoms with Crippen LogP contribution in [-0.2, 0) is 22.4 Å². The van der Waals surface area contributed by atoms with Crippen molar-refractivity contribution in [2.24, 2.45) is 5.92 Å². The molecule has 0 spiro atoms. The van der Waals surface area contributed by atoms with E-state index < -0.39 is 23.4 Å². The van der Waals surface area contributed by atoms with Gasteiger partial charge in [-0.2, -0.15) is 0 Å². The first-order chi connectivity index (χ1) is 13.3. The van der Waals surface area contributed by atoms with Crippen molar-refractivity contribution in [2.45, 2.75) is 40.0 Å². The Morgan fingerprint density at radius 3 is 2.82 bits per heavy atom. The third kappa shape index (κ3) is 4.22. The quantitative estimate of drug-likeness (QED) is 0.459. The summed E-state index contributed by atoms with van der Waals surface area (Å²) >= 11 is 1.42. The van der Waals surface area contributed by atoms with Gasteiger partial charge in [-0.3, -0.25) is 14.9 Å². The van der Waals surface area contributed by atoms with Gasteiger partial charge in [-0.15, -0.1) is 11.3 Å². The number of carbonyl (C=O) groups excluding carboxylic acids is 2. The van der Waals surface area contributed by atoms with E-state index in [1.807, 2.05) is 6.07 Å². The van der Waals surface area contributed by atoms with Crippen molar-refractivity contribution >= 4 is 34.6 Å². The molecule has 1 aliphatic carbocycles. The number of ether oxygens (including phenoxy) is 1. The molecule has 0 saturated carbocycles. The monoisotopic (exact) mass is 402 g/mol. The number of esters is 1. The average Bonchev–Trinajstić information content (AvgIpc) is 3.06. The number of nitro groups is 1. The lowest BCUT2D eigenvalue weighted by atomic mass is 9.90. The van der Waals surface area contributed by atoms with Gasteiger partial charge in [0.25, 0.3) is 11.6 Å². The van der Waals surface area contributed by atoms with Crippen LogP contribution in [-0.4, -0.2) is 23.4 Å². The van der Waals surface area contributed by atoms with Gasteiger partial charge in [0.2, 0.25) is 0 Å². The van der Waals surface area contributed by atoms with E-state index in [0.717, 1.165) is 24.8 Å². The molecule has 2 aromatic rings. The zero-order valence-electron chi connectivity index (χ0n) is 16.0. The molecule has 1 aromatic heterocycles. The van der Waals surface area contributed by atoms with E-state index in [1.165, 1.54) is 27.8 Å². The number of nitro benzene ring substituents is 1. The van der Waals surface area contributed by atoms with Crippen LogP contribution >= 0.6 is 11.3 Å². The Balaban J connectivity index is 1.65. The van der Waals surface area contributed by atoms with E-state index in [2.05, 4.69) is 12.2 Å². The fraction of sp³-hybridized carbons (Fsp3) is 0.400. The van der Waals surface area contributed by atoms with E-state index in [0.29, 0.717) is 16.4 Å². The standard InChI is InChI=1S/C20H22N2O5S/c1-11-4-7-16-14(8-11)9-17(28-16)20(24)27-10-18(23)21-19-13(3)12(2)5-6-15(19)22(25)26/h5-6,9,11H,4,7-8,10H2,1-3H3,(H,21,23)/t11-/m1/s1. The minimum Gasteiger partial charge on any atom is -0.451 e. The highest BCUT2D eigenvalue weighted by atomic mass is 32.1. The molecule has 0 unspecified atom stereocenters. The first-order valence-electron chi connectivity index (χ1n) is 9.09. The maximum Gasteiger partial charge on any atom is 0.348 e. The van der Waals surface area contributed by atoms with Crippen LogP contribution in [0.25, 0.3) is 0 Å². The Morgan fingerprint density at radius 2 is 2.11 bits per heavy atom. The van der Waals surface area contributed by atoms with E-state index >= 15 is 0 Å². The lowest BCUT2D eigenvalue weighted by Crippen LogP contribution is -2.21. The van der Waals surface area contributed by atoms with Crippen molar-refractivity contribution < 1.29 is 19.2 Å². The smallest absolute Gasteiger partial charge is 0.348 e. The predicted molar refractivity (Wildman–Crippen MR) is 107 cm³/mol. The highest BCUT2D eigenvalue weighted by Gasteiger charge is 2.23. The van der Waals surface area contributed by atoms with Crippen LogP contribution in [0.1, 0.15) is 44.6 Å². The molecular weight excluding hydrogens is 380 g/mol. The number of amides is 1. The van der Waals surface area contributed by atoms with Gasteiger partial charge in [0.15, 0.2) is 6.61 Å². The third-order valence-electron chi connectivity index (χ3n) is 5.04. The summed E-state index contributed by atoms with van der Waals surface area (Å²) in [6.07, 6.45) is 3.03. The first kappa shape index (κ1) is 20.0. The molecular formula is C20H22N2O5S. The Hall–Kier alpha value is -2.74. The molecule has 0 radical (unpaired) electrons. The zero-order chi connectivity index (χ0) is 20.4. The van der Waals surface area contributed by atoms with Gasteiger partial charge in [-0.25, -0.2) is 4.79 Å². The maximum absolute atomic E-state index is 12.3. The number of benzene rings is 1. The number of aryl methyl sites for hydroxylation is 2. The Morgan fingerprint density at radius 1 is 1.36 bits per heavy atom. The maximum atomic E-state index is 12.3. The molecule has 0 saturated heterocycles. The molecule has 1 aliphatic rings. The van der Waals surface area contributed by atoms with Crippen LogP contribution < -0.4 is 5.32 Å². The van der Waals surface area contributed by atoms with Gasteiger partial charge < -0.3 is 10.1 Å². The molecule has 3 rings (SSSR count). The van der Waals surface area contributed by atoms with E-state index in [1.54, 1.807) is 19.9 Å². The second kappa shape index (κ2) is 8.10. The number of nitrogens with zero attached hydrogens (tertiary/aromatic N) is 1. The lowest BCUT2D eigenvalue weighted by molar-refractivity contribution is -0.384. The van der Waals surface area contributed by atoms with Crippen molar-refractivity contribution in [1.29, 1.82) is 0 Å². The summed E-state index contributed by atoms with van der Waals surface area (Å²) in [7, 11) is 0. The van der Waals surface area contributed by atoms with Crippen LogP contribution in [0.15, 0.2) is 18.2 Å². The molecule has 8 heteroatoms. The lowest BCUT2D eigenvalue weighted by Gasteiger charge is -2.16. The van der Waals surface area contributed by atoms with Crippen LogP contribution in [0.4, 0.5) is 11.4 Å². The highest BCUT2D eigenvalue weighted by Crippen LogP contribution is 2.33. The van der Waals surface area contributed by atoms with Gasteiger partial charge in [0.05, 0.1) is 4.92 Å². The molecule has 28 heavy (non-hydrogen) atoms. The SMILES string of the molecule is Cc1ccc([N+](=O)[O-])c(NC(=O)COC(=O)c2cc3c(s2)CC[C@@H](C)C3)c1C. The van der Waals surface area contributed by atoms with E-state index in [9.17, 15) is 19.7 Å². The number of thiophene rings is 1. The van der Waals surface area contributed by atoms with Gasteiger partial charge in [0, 0.05) is 10.9 Å². The summed E-state index contributed by atoms with van der Waals surface area (Å²) in [5.74, 6) is -0.553. The molecule has 148 valence electrons. The van der Waals surface area contributed by atoms with Crippen molar-refractivity contribution in [3.8, 4) is 0 Å². The molecule has 1 atom stereocenters. The normalized spacial score (nSPS) is 15.6. The second-order valence-electron chi connectivity index (χ2n) is 7.19. The first-order valence-corrected chi connectivity index (χ1v) is 9.91. The molecule has 1 N–H and O–H groups in total. The minimum atomic E-state index is -0.611. The number of hydrogen-bond donors (Lipinski definition) is 1. The summed E-state index contributed by atoms with van der Waals surface area (Å²) in [6, 6.07) is 4.83. The van der Waals surface area contributed by atoms with Crippen molar-refractivity contribution in [2.75, 3.05) is 11.9 Å². The van der Waals surface area contributed by atoms with Crippen LogP contribution in [0, 0.1) is 29.9 Å². The highest BCUT2D eigenvalue weighted by molar-refractivity contribution is 7.14. The predicted octanol–water partition coefficient (Wildman–Crippen LogP) is 4.19. The average molecular weight is 402 g/mol. The fourth-order valence-corrected chi connectivity index (χ4v) is 4.40. The third-order valence-corrected chi connectivity index (χ3v) is 6.26. The van der Waals surface area contributed by atoms with Crippen molar-refractivity contribution in [3.63, 3.8) is 0 Å². The molecule has 7 nitrogen and oxygen atoms in total. The Labute approximate surface area is 166 Å². The van der Waals surface area contributed by atoms with Gasteiger partial charge in [0.1, 0.15) is 10.6 Å². The Kier molecular flexibility index (Phi) is 5.79. The summed E-state index contributed by atoms with van der Waals surface area (Å²) in [4.78, 5) is 36.9. The summed E-state index contributed by atoms with van der Waals surface area (Å²) in [5.41, 5.74) is 2.55. The van der Waals surface area contributed by atoms with Gasteiger partial charge in [-0.1, -0.05) is 13.0 Å². The summed E-state index contributed by atoms with van der Waals surface area (Å²) < 4.78 is 5.13. The van der Waals surface area contributed by atoms with Crippen molar-refractivity contribution in [3.05, 3.63) is 54.8 Å². The number of carbonyl (C=O) groups is 2. The largest absolute Gasteiger partial charge is 0.451 e. The fourth-order valence-electron chi connectivity index (χ4n) is 3.30. The van der Waals surface area contributed by atoms with E-state index in [4.69, 9.17) is 4.74 Å². The van der Waals surface area contributed by atoms with E-state index in [-0.39, 0.29) is 11.4 Å². The molecule has 0 fully saturated rings. The molecule has 1 heterocycles. The van der Waals surface area contributed by atoms with Crippen LogP contribution in [0.5, 0.6) is 0 Å². The molecule has 1 amide bonds. The number of rotatable bonds is 5. The summed E-state index contributed by atoms with van der Waals surface area (Å²) in [6.45, 7) is 5.19.